The normalized spacial score (nSPS) is 10.9. The van der Waals surface area contributed by atoms with Gasteiger partial charge in [0.1, 0.15) is 23.5 Å². The molecule has 0 saturated heterocycles. The van der Waals surface area contributed by atoms with Gasteiger partial charge in [-0.05, 0) is 48.4 Å². The molecule has 1 aromatic heterocycles. The van der Waals surface area contributed by atoms with Crippen LogP contribution in [0.1, 0.15) is 21.5 Å². The third-order valence-corrected chi connectivity index (χ3v) is 7.49. The number of pyridine rings is 1. The van der Waals surface area contributed by atoms with Crippen molar-refractivity contribution < 1.29 is 22.8 Å². The second kappa shape index (κ2) is 11.8. The number of urea groups is 1. The number of nitrogens with one attached hydrogen (secondary N) is 2. The lowest BCUT2D eigenvalue weighted by molar-refractivity contribution is -0.119. The SMILES string of the molecule is Cc1c(Cl)cccc1N(CC(=O)NCc1cccc(C=O)c1)S(=O)(=O)c1ccc(NC(=O)N(C)C)nc1. The minimum atomic E-state index is -4.26. The maximum Gasteiger partial charge on any atom is 0.322 e. The van der Waals surface area contributed by atoms with E-state index in [1.54, 1.807) is 63.5 Å². The summed E-state index contributed by atoms with van der Waals surface area (Å²) < 4.78 is 28.3. The van der Waals surface area contributed by atoms with Crippen molar-refractivity contribution in [1.82, 2.24) is 15.2 Å². The summed E-state index contributed by atoms with van der Waals surface area (Å²) in [7, 11) is -1.14. The van der Waals surface area contributed by atoms with Gasteiger partial charge >= 0.3 is 6.03 Å². The fourth-order valence-corrected chi connectivity index (χ4v) is 4.88. The third-order valence-electron chi connectivity index (χ3n) is 5.34. The van der Waals surface area contributed by atoms with E-state index in [9.17, 15) is 22.8 Å². The summed E-state index contributed by atoms with van der Waals surface area (Å²) >= 11 is 6.25. The third kappa shape index (κ3) is 6.83. The summed E-state index contributed by atoms with van der Waals surface area (Å²) in [5.41, 5.74) is 1.85. The maximum atomic E-state index is 13.7. The first-order valence-electron chi connectivity index (χ1n) is 11.1. The largest absolute Gasteiger partial charge is 0.350 e. The van der Waals surface area contributed by atoms with Crippen molar-refractivity contribution in [1.29, 1.82) is 0 Å². The lowest BCUT2D eigenvalue weighted by Crippen LogP contribution is -2.41. The molecule has 3 amide bonds. The Hall–Kier alpha value is -3.96. The molecule has 0 spiro atoms. The number of aromatic nitrogens is 1. The molecule has 10 nitrogen and oxygen atoms in total. The molecular weight excluding hydrogens is 518 g/mol. The second-order valence-corrected chi connectivity index (χ2v) is 10.5. The average molecular weight is 544 g/mol. The number of anilines is 2. The van der Waals surface area contributed by atoms with Crippen LogP contribution in [-0.2, 0) is 21.4 Å². The van der Waals surface area contributed by atoms with E-state index in [0.29, 0.717) is 28.0 Å². The molecule has 0 atom stereocenters. The summed E-state index contributed by atoms with van der Waals surface area (Å²) in [6, 6.07) is 13.7. The van der Waals surface area contributed by atoms with Gasteiger partial charge in [-0.3, -0.25) is 19.2 Å². The number of benzene rings is 2. The number of amides is 3. The number of rotatable bonds is 9. The van der Waals surface area contributed by atoms with Gasteiger partial charge in [-0.25, -0.2) is 18.2 Å². The molecule has 194 valence electrons. The predicted molar refractivity (Wildman–Crippen MR) is 141 cm³/mol. The van der Waals surface area contributed by atoms with Crippen molar-refractivity contribution in [3.8, 4) is 0 Å². The van der Waals surface area contributed by atoms with E-state index in [2.05, 4.69) is 15.6 Å². The van der Waals surface area contributed by atoms with Crippen molar-refractivity contribution in [2.24, 2.45) is 0 Å². The number of carbonyl (C=O) groups excluding carboxylic acids is 3. The van der Waals surface area contributed by atoms with Gasteiger partial charge in [0.05, 0.1) is 5.69 Å². The molecular formula is C25H26ClN5O5S. The van der Waals surface area contributed by atoms with Crippen molar-refractivity contribution in [3.63, 3.8) is 0 Å². The van der Waals surface area contributed by atoms with Gasteiger partial charge in [-0.1, -0.05) is 35.9 Å². The van der Waals surface area contributed by atoms with Gasteiger partial charge in [-0.15, -0.1) is 0 Å². The molecule has 0 saturated carbocycles. The molecule has 37 heavy (non-hydrogen) atoms. The van der Waals surface area contributed by atoms with E-state index in [1.807, 2.05) is 0 Å². The number of hydrogen-bond donors (Lipinski definition) is 2. The van der Waals surface area contributed by atoms with Crippen molar-refractivity contribution in [3.05, 3.63) is 82.5 Å². The lowest BCUT2D eigenvalue weighted by atomic mass is 10.1. The average Bonchev–Trinajstić information content (AvgIpc) is 2.88. The Kier molecular flexibility index (Phi) is 8.85. The van der Waals surface area contributed by atoms with Crippen LogP contribution in [-0.4, -0.2) is 57.2 Å². The molecule has 0 bridgehead atoms. The van der Waals surface area contributed by atoms with Gasteiger partial charge < -0.3 is 10.2 Å². The number of sulfonamides is 1. The van der Waals surface area contributed by atoms with Crippen LogP contribution in [0.5, 0.6) is 0 Å². The highest BCUT2D eigenvalue weighted by atomic mass is 35.5. The Bertz CT molecular complexity index is 1410. The molecule has 0 unspecified atom stereocenters. The smallest absolute Gasteiger partial charge is 0.322 e. The highest BCUT2D eigenvalue weighted by Crippen LogP contribution is 2.30. The van der Waals surface area contributed by atoms with E-state index in [4.69, 9.17) is 11.6 Å². The minimum Gasteiger partial charge on any atom is -0.350 e. The number of hydrogen-bond acceptors (Lipinski definition) is 6. The Morgan fingerprint density at radius 3 is 2.46 bits per heavy atom. The van der Waals surface area contributed by atoms with Crippen LogP contribution in [0.25, 0.3) is 0 Å². The first kappa shape index (κ1) is 27.6. The van der Waals surface area contributed by atoms with Crippen LogP contribution in [0.4, 0.5) is 16.3 Å². The Labute approximate surface area is 220 Å². The van der Waals surface area contributed by atoms with Crippen LogP contribution in [0.2, 0.25) is 5.02 Å². The van der Waals surface area contributed by atoms with Crippen molar-refractivity contribution >= 4 is 51.4 Å². The van der Waals surface area contributed by atoms with E-state index in [-0.39, 0.29) is 22.9 Å². The Balaban J connectivity index is 1.89. The standard InChI is InChI=1S/C25H26ClN5O5S/c1-17-21(26)8-5-9-22(17)31(15-24(33)28-13-18-6-4-7-19(12-18)16-32)37(35,36)20-10-11-23(27-14-20)29-25(34)30(2)3/h4-12,14,16H,13,15H2,1-3H3,(H,28,33)(H,27,29,34). The van der Waals surface area contributed by atoms with E-state index >= 15 is 0 Å². The summed E-state index contributed by atoms with van der Waals surface area (Å²) in [4.78, 5) is 40.9. The summed E-state index contributed by atoms with van der Waals surface area (Å²) in [5.74, 6) is -0.402. The molecule has 1 heterocycles. The molecule has 2 N–H and O–H groups in total. The van der Waals surface area contributed by atoms with Gasteiger partial charge in [0.25, 0.3) is 10.0 Å². The van der Waals surface area contributed by atoms with Gasteiger partial charge in [0, 0.05) is 37.4 Å². The molecule has 3 aromatic rings. The minimum absolute atomic E-state index is 0.102. The quantitative estimate of drug-likeness (QED) is 0.398. The molecule has 12 heteroatoms. The van der Waals surface area contributed by atoms with Crippen LogP contribution in [0.15, 0.2) is 65.7 Å². The number of aldehydes is 1. The highest BCUT2D eigenvalue weighted by Gasteiger charge is 2.29. The molecule has 2 aromatic carbocycles. The number of halogens is 1. The Morgan fingerprint density at radius 2 is 1.81 bits per heavy atom. The second-order valence-electron chi connectivity index (χ2n) is 8.24. The van der Waals surface area contributed by atoms with Crippen LogP contribution < -0.4 is 14.9 Å². The summed E-state index contributed by atoms with van der Waals surface area (Å²) in [6.45, 7) is 1.22. The van der Waals surface area contributed by atoms with Gasteiger partial charge in [0.2, 0.25) is 5.91 Å². The first-order chi connectivity index (χ1) is 17.5. The molecule has 0 fully saturated rings. The zero-order valence-corrected chi connectivity index (χ0v) is 22.0. The lowest BCUT2D eigenvalue weighted by Gasteiger charge is -2.26. The number of nitrogens with zero attached hydrogens (tertiary/aromatic N) is 3. The highest BCUT2D eigenvalue weighted by molar-refractivity contribution is 7.92. The fourth-order valence-electron chi connectivity index (χ4n) is 3.28. The van der Waals surface area contributed by atoms with Crippen molar-refractivity contribution in [2.75, 3.05) is 30.3 Å². The summed E-state index contributed by atoms with van der Waals surface area (Å²) in [6.07, 6.45) is 1.81. The van der Waals surface area contributed by atoms with Gasteiger partial charge in [-0.2, -0.15) is 0 Å². The Morgan fingerprint density at radius 1 is 1.08 bits per heavy atom. The van der Waals surface area contributed by atoms with E-state index in [1.165, 1.54) is 17.0 Å². The first-order valence-corrected chi connectivity index (χ1v) is 12.9. The van der Waals surface area contributed by atoms with Crippen LogP contribution in [0, 0.1) is 6.92 Å². The summed E-state index contributed by atoms with van der Waals surface area (Å²) in [5, 5.41) is 5.56. The molecule has 0 aliphatic heterocycles. The molecule has 0 aliphatic rings. The van der Waals surface area contributed by atoms with Crippen LogP contribution in [0.3, 0.4) is 0 Å². The van der Waals surface area contributed by atoms with Gasteiger partial charge in [0.15, 0.2) is 0 Å². The predicted octanol–water partition coefficient (Wildman–Crippen LogP) is 3.46. The van der Waals surface area contributed by atoms with E-state index in [0.717, 1.165) is 10.5 Å². The molecule has 3 rings (SSSR count). The topological polar surface area (TPSA) is 129 Å². The number of carbonyl (C=O) groups is 3. The maximum absolute atomic E-state index is 13.7. The fraction of sp³-hybridized carbons (Fsp3) is 0.200. The zero-order valence-electron chi connectivity index (χ0n) is 20.4. The molecule has 0 radical (unpaired) electrons. The van der Waals surface area contributed by atoms with Crippen LogP contribution >= 0.6 is 11.6 Å². The zero-order chi connectivity index (χ0) is 27.2. The van der Waals surface area contributed by atoms with E-state index < -0.39 is 28.5 Å². The molecule has 0 aliphatic carbocycles. The van der Waals surface area contributed by atoms with Crippen molar-refractivity contribution in [2.45, 2.75) is 18.4 Å². The monoisotopic (exact) mass is 543 g/mol.